The molecule has 12 heavy (non-hydrogen) atoms. The lowest BCUT2D eigenvalue weighted by molar-refractivity contribution is 0.370. The molecule has 62 valence electrons. The molecule has 1 aromatic rings. The van der Waals surface area contributed by atoms with Crippen molar-refractivity contribution in [3.05, 3.63) is 23.3 Å². The van der Waals surface area contributed by atoms with Gasteiger partial charge < -0.3 is 9.84 Å². The Kier molecular flexibility index (Phi) is 2.20. The third-order valence-electron chi connectivity index (χ3n) is 1.66. The van der Waals surface area contributed by atoms with Crippen LogP contribution in [0.25, 0.3) is 0 Å². The first-order valence-corrected chi connectivity index (χ1v) is 3.47. The van der Waals surface area contributed by atoms with Gasteiger partial charge in [0.15, 0.2) is 11.5 Å². The molecule has 3 heteroatoms. The minimum Gasteiger partial charge on any atom is -0.504 e. The van der Waals surface area contributed by atoms with Gasteiger partial charge in [0, 0.05) is 0 Å². The molecular weight excluding hydrogens is 154 g/mol. The highest BCUT2D eigenvalue weighted by molar-refractivity contribution is 5.55. The molecule has 0 fully saturated rings. The number of phenols is 1. The summed E-state index contributed by atoms with van der Waals surface area (Å²) in [5, 5.41) is 18.1. The lowest BCUT2D eigenvalue weighted by Gasteiger charge is -2.06. The third kappa shape index (κ3) is 1.19. The van der Waals surface area contributed by atoms with Crippen molar-refractivity contribution in [2.24, 2.45) is 0 Å². The monoisotopic (exact) mass is 163 g/mol. The molecule has 0 amide bonds. The van der Waals surface area contributed by atoms with Gasteiger partial charge in [0.25, 0.3) is 0 Å². The lowest BCUT2D eigenvalue weighted by Crippen LogP contribution is -1.89. The molecule has 0 aliphatic heterocycles. The number of nitrogens with zero attached hydrogens (tertiary/aromatic N) is 1. The Morgan fingerprint density at radius 1 is 1.50 bits per heavy atom. The molecule has 0 bridgehead atoms. The van der Waals surface area contributed by atoms with E-state index in [0.717, 1.165) is 0 Å². The van der Waals surface area contributed by atoms with Crippen LogP contribution in [0, 0.1) is 18.3 Å². The van der Waals surface area contributed by atoms with Crippen LogP contribution in [0.3, 0.4) is 0 Å². The fraction of sp³-hybridized carbons (Fsp3) is 0.222. The van der Waals surface area contributed by atoms with Crippen molar-refractivity contribution in [2.75, 3.05) is 7.11 Å². The number of phenolic OH excluding ortho intramolecular Hbond substituents is 1. The minimum absolute atomic E-state index is 0.0385. The summed E-state index contributed by atoms with van der Waals surface area (Å²) >= 11 is 0. The molecule has 0 unspecified atom stereocenters. The largest absolute Gasteiger partial charge is 0.504 e. The van der Waals surface area contributed by atoms with Crippen molar-refractivity contribution in [3.8, 4) is 17.6 Å². The zero-order valence-electron chi connectivity index (χ0n) is 6.96. The summed E-state index contributed by atoms with van der Waals surface area (Å²) in [7, 11) is 1.43. The van der Waals surface area contributed by atoms with E-state index in [1.165, 1.54) is 7.11 Å². The Balaban J connectivity index is 3.38. The number of hydrogen-bond acceptors (Lipinski definition) is 3. The van der Waals surface area contributed by atoms with Crippen LogP contribution in [0.4, 0.5) is 0 Å². The van der Waals surface area contributed by atoms with Gasteiger partial charge in [0.1, 0.15) is 6.07 Å². The first-order valence-electron chi connectivity index (χ1n) is 3.47. The van der Waals surface area contributed by atoms with E-state index in [4.69, 9.17) is 10.00 Å². The van der Waals surface area contributed by atoms with Crippen LogP contribution < -0.4 is 4.74 Å². The lowest BCUT2D eigenvalue weighted by atomic mass is 10.1. The van der Waals surface area contributed by atoms with Crippen LogP contribution >= 0.6 is 0 Å². The molecule has 0 saturated heterocycles. The van der Waals surface area contributed by atoms with Crippen LogP contribution in [0.5, 0.6) is 11.5 Å². The van der Waals surface area contributed by atoms with E-state index >= 15 is 0 Å². The van der Waals surface area contributed by atoms with E-state index in [-0.39, 0.29) is 11.5 Å². The average Bonchev–Trinajstić information content (AvgIpc) is 2.09. The first kappa shape index (κ1) is 8.41. The van der Waals surface area contributed by atoms with Gasteiger partial charge in [-0.15, -0.1) is 0 Å². The fourth-order valence-electron chi connectivity index (χ4n) is 0.964. The van der Waals surface area contributed by atoms with Crippen molar-refractivity contribution < 1.29 is 9.84 Å². The normalized spacial score (nSPS) is 9.08. The summed E-state index contributed by atoms with van der Waals surface area (Å²) in [6.45, 7) is 1.75. The molecular formula is C9H9NO2. The van der Waals surface area contributed by atoms with Crippen molar-refractivity contribution in [1.29, 1.82) is 5.26 Å². The summed E-state index contributed by atoms with van der Waals surface area (Å²) in [5.41, 5.74) is 1.05. The average molecular weight is 163 g/mol. The van der Waals surface area contributed by atoms with E-state index in [0.29, 0.717) is 11.1 Å². The van der Waals surface area contributed by atoms with Crippen LogP contribution in [-0.4, -0.2) is 12.2 Å². The van der Waals surface area contributed by atoms with Crippen molar-refractivity contribution in [1.82, 2.24) is 0 Å². The molecule has 0 aromatic heterocycles. The number of benzene rings is 1. The number of hydrogen-bond donors (Lipinski definition) is 1. The van der Waals surface area contributed by atoms with E-state index in [9.17, 15) is 5.11 Å². The van der Waals surface area contributed by atoms with Gasteiger partial charge in [0.2, 0.25) is 0 Å². The molecule has 1 aromatic carbocycles. The highest BCUT2D eigenvalue weighted by Gasteiger charge is 2.09. The van der Waals surface area contributed by atoms with Gasteiger partial charge in [0.05, 0.1) is 12.7 Å². The standard InChI is InChI=1S/C9H9NO2/c1-6-3-4-7(5-10)9(12-2)8(6)11/h3-4,11H,1-2H3. The Bertz CT molecular complexity index is 339. The predicted molar refractivity (Wildman–Crippen MR) is 44.1 cm³/mol. The number of methoxy groups -OCH3 is 1. The second-order valence-corrected chi connectivity index (χ2v) is 2.42. The molecule has 0 saturated carbocycles. The maximum Gasteiger partial charge on any atom is 0.178 e. The molecule has 0 radical (unpaired) electrons. The van der Waals surface area contributed by atoms with Crippen LogP contribution in [0.2, 0.25) is 0 Å². The molecule has 0 atom stereocenters. The summed E-state index contributed by atoms with van der Waals surface area (Å²) in [4.78, 5) is 0. The first-order chi connectivity index (χ1) is 5.70. The molecule has 3 nitrogen and oxygen atoms in total. The molecule has 0 spiro atoms. The third-order valence-corrected chi connectivity index (χ3v) is 1.66. The molecule has 0 aliphatic rings. The number of aryl methyl sites for hydroxylation is 1. The summed E-state index contributed by atoms with van der Waals surface area (Å²) in [6, 6.07) is 5.23. The highest BCUT2D eigenvalue weighted by atomic mass is 16.5. The van der Waals surface area contributed by atoms with Crippen molar-refractivity contribution in [2.45, 2.75) is 6.92 Å². The Morgan fingerprint density at radius 2 is 2.17 bits per heavy atom. The van der Waals surface area contributed by atoms with Crippen molar-refractivity contribution >= 4 is 0 Å². The van der Waals surface area contributed by atoms with Gasteiger partial charge in [-0.25, -0.2) is 0 Å². The number of rotatable bonds is 1. The van der Waals surface area contributed by atoms with Gasteiger partial charge in [-0.3, -0.25) is 0 Å². The van der Waals surface area contributed by atoms with E-state index in [2.05, 4.69) is 0 Å². The van der Waals surface area contributed by atoms with E-state index < -0.39 is 0 Å². The quantitative estimate of drug-likeness (QED) is 0.683. The Labute approximate surface area is 70.8 Å². The predicted octanol–water partition coefficient (Wildman–Crippen LogP) is 1.58. The molecule has 1 rings (SSSR count). The second kappa shape index (κ2) is 3.14. The Hall–Kier alpha value is -1.69. The highest BCUT2D eigenvalue weighted by Crippen LogP contribution is 2.32. The van der Waals surface area contributed by atoms with Gasteiger partial charge in [-0.1, -0.05) is 6.07 Å². The van der Waals surface area contributed by atoms with Crippen molar-refractivity contribution in [3.63, 3.8) is 0 Å². The molecule has 0 heterocycles. The minimum atomic E-state index is 0.0385. The van der Waals surface area contributed by atoms with Gasteiger partial charge in [-0.2, -0.15) is 5.26 Å². The fourth-order valence-corrected chi connectivity index (χ4v) is 0.964. The van der Waals surface area contributed by atoms with Gasteiger partial charge >= 0.3 is 0 Å². The van der Waals surface area contributed by atoms with Gasteiger partial charge in [-0.05, 0) is 18.6 Å². The summed E-state index contributed by atoms with van der Waals surface area (Å²) in [5.74, 6) is 0.286. The van der Waals surface area contributed by atoms with Crippen LogP contribution in [-0.2, 0) is 0 Å². The number of nitriles is 1. The van der Waals surface area contributed by atoms with Crippen LogP contribution in [0.15, 0.2) is 12.1 Å². The summed E-state index contributed by atoms with van der Waals surface area (Å²) in [6.07, 6.45) is 0. The molecule has 0 aliphatic carbocycles. The maximum atomic E-state index is 9.43. The number of ether oxygens (including phenoxy) is 1. The number of aromatic hydroxyl groups is 1. The topological polar surface area (TPSA) is 53.2 Å². The zero-order chi connectivity index (χ0) is 9.14. The zero-order valence-corrected chi connectivity index (χ0v) is 6.96. The smallest absolute Gasteiger partial charge is 0.178 e. The summed E-state index contributed by atoms with van der Waals surface area (Å²) < 4.78 is 4.88. The van der Waals surface area contributed by atoms with Crippen LogP contribution in [0.1, 0.15) is 11.1 Å². The SMILES string of the molecule is COc1c(C#N)ccc(C)c1O. The maximum absolute atomic E-state index is 9.43. The van der Waals surface area contributed by atoms with E-state index in [1.54, 1.807) is 19.1 Å². The second-order valence-electron chi connectivity index (χ2n) is 2.42. The molecule has 1 N–H and O–H groups in total. The Morgan fingerprint density at radius 3 is 2.67 bits per heavy atom. The van der Waals surface area contributed by atoms with E-state index in [1.807, 2.05) is 6.07 Å².